The second kappa shape index (κ2) is 3.96. The number of nitrogen functional groups attached to an aromatic ring is 1. The van der Waals surface area contributed by atoms with Crippen molar-refractivity contribution < 1.29 is 19.0 Å². The summed E-state index contributed by atoms with van der Waals surface area (Å²) in [6.07, 6.45) is 1.23. The van der Waals surface area contributed by atoms with E-state index in [1.54, 1.807) is 11.5 Å². The van der Waals surface area contributed by atoms with Gasteiger partial charge < -0.3 is 20.1 Å². The summed E-state index contributed by atoms with van der Waals surface area (Å²) in [5, 5.41) is 8.91. The van der Waals surface area contributed by atoms with E-state index in [2.05, 4.69) is 6.07 Å². The molecule has 1 radical (unpaired) electrons. The van der Waals surface area contributed by atoms with Crippen LogP contribution < -0.4 is 15.9 Å². The number of hydrogen-bond donors (Lipinski definition) is 2. The van der Waals surface area contributed by atoms with Gasteiger partial charge in [-0.3, -0.25) is 4.79 Å². The molecular weight excluding hydrogens is 267 g/mol. The highest BCUT2D eigenvalue weighted by Gasteiger charge is 2.26. The number of pyridine rings is 1. The first-order chi connectivity index (χ1) is 9.41. The van der Waals surface area contributed by atoms with E-state index in [-0.39, 0.29) is 29.3 Å². The number of rotatable bonds is 1. The van der Waals surface area contributed by atoms with E-state index in [1.165, 1.54) is 6.20 Å². The van der Waals surface area contributed by atoms with Crippen molar-refractivity contribution in [2.24, 2.45) is 0 Å². The van der Waals surface area contributed by atoms with Gasteiger partial charge in [-0.05, 0) is 6.92 Å². The summed E-state index contributed by atoms with van der Waals surface area (Å²) in [4.78, 5) is 23.3. The number of aromatic carboxylic acids is 1. The third-order valence-electron chi connectivity index (χ3n) is 3.35. The lowest BCUT2D eigenvalue weighted by Gasteiger charge is -2.27. The van der Waals surface area contributed by atoms with Crippen molar-refractivity contribution in [1.82, 2.24) is 4.57 Å². The molecule has 0 aliphatic carbocycles. The third kappa shape index (κ3) is 1.49. The lowest BCUT2D eigenvalue weighted by molar-refractivity contribution is 0.0694. The summed E-state index contributed by atoms with van der Waals surface area (Å²) in [6.45, 7) is 2.02. The zero-order valence-corrected chi connectivity index (χ0v) is 10.4. The van der Waals surface area contributed by atoms with E-state index < -0.39 is 28.5 Å². The van der Waals surface area contributed by atoms with Crippen molar-refractivity contribution >= 4 is 22.6 Å². The molecule has 1 atom stereocenters. The van der Waals surface area contributed by atoms with Gasteiger partial charge in [-0.15, -0.1) is 0 Å². The number of nitrogens with zero attached hydrogens (tertiary/aromatic N) is 1. The largest absolute Gasteiger partial charge is 0.488 e. The van der Waals surface area contributed by atoms with Gasteiger partial charge in [-0.2, -0.15) is 0 Å². The van der Waals surface area contributed by atoms with Crippen LogP contribution in [0, 0.1) is 11.9 Å². The van der Waals surface area contributed by atoms with Crippen molar-refractivity contribution in [2.75, 3.05) is 12.3 Å². The molecule has 2 heterocycles. The Bertz CT molecular complexity index is 812. The molecule has 0 saturated carbocycles. The molecule has 1 aromatic heterocycles. The van der Waals surface area contributed by atoms with E-state index in [4.69, 9.17) is 15.6 Å². The summed E-state index contributed by atoms with van der Waals surface area (Å²) >= 11 is 0. The molecule has 3 N–H and O–H groups in total. The van der Waals surface area contributed by atoms with Gasteiger partial charge in [0.15, 0.2) is 11.6 Å². The van der Waals surface area contributed by atoms with Gasteiger partial charge in [0.2, 0.25) is 5.43 Å². The number of anilines is 1. The Morgan fingerprint density at radius 3 is 3.00 bits per heavy atom. The summed E-state index contributed by atoms with van der Waals surface area (Å²) in [6, 6.07) is 2.13. The van der Waals surface area contributed by atoms with Gasteiger partial charge in [0.05, 0.1) is 28.7 Å². The topological polar surface area (TPSA) is 94.6 Å². The second-order valence-electron chi connectivity index (χ2n) is 4.65. The highest BCUT2D eigenvalue weighted by Crippen LogP contribution is 2.35. The van der Waals surface area contributed by atoms with Crippen molar-refractivity contribution in [2.45, 2.75) is 13.0 Å². The molecule has 7 heteroatoms. The summed E-state index contributed by atoms with van der Waals surface area (Å²) in [7, 11) is 0. The Hall–Kier alpha value is -2.57. The number of nitrogens with two attached hydrogens (primary N) is 1. The maximum Gasteiger partial charge on any atom is 0.341 e. The fourth-order valence-corrected chi connectivity index (χ4v) is 2.34. The highest BCUT2D eigenvalue weighted by atomic mass is 19.1. The monoisotopic (exact) mass is 277 g/mol. The smallest absolute Gasteiger partial charge is 0.341 e. The average molecular weight is 277 g/mol. The molecule has 0 bridgehead atoms. The number of carbonyl (C=O) groups is 1. The minimum Gasteiger partial charge on any atom is -0.488 e. The highest BCUT2D eigenvalue weighted by molar-refractivity contribution is 5.99. The Labute approximate surface area is 112 Å². The molecular formula is C13H10FN2O4. The number of aromatic nitrogens is 1. The van der Waals surface area contributed by atoms with Gasteiger partial charge in [-0.1, -0.05) is 0 Å². The fraction of sp³-hybridized carbons (Fsp3) is 0.231. The molecule has 2 aromatic rings. The molecule has 103 valence electrons. The van der Waals surface area contributed by atoms with Crippen molar-refractivity contribution in [3.8, 4) is 5.75 Å². The van der Waals surface area contributed by atoms with Crippen molar-refractivity contribution in [1.29, 1.82) is 0 Å². The number of halogens is 1. The predicted octanol–water partition coefficient (Wildman–Crippen LogP) is 1.17. The molecule has 0 fully saturated rings. The lowest BCUT2D eigenvalue weighted by atomic mass is 10.1. The van der Waals surface area contributed by atoms with Crippen LogP contribution in [0.15, 0.2) is 11.0 Å². The molecule has 6 nitrogen and oxygen atoms in total. The Kier molecular flexibility index (Phi) is 2.47. The first-order valence-corrected chi connectivity index (χ1v) is 5.87. The Morgan fingerprint density at radius 1 is 1.65 bits per heavy atom. The molecule has 3 rings (SSSR count). The average Bonchev–Trinajstić information content (AvgIpc) is 2.39. The molecule has 1 unspecified atom stereocenters. The number of benzene rings is 1. The van der Waals surface area contributed by atoms with E-state index in [9.17, 15) is 14.0 Å². The Morgan fingerprint density at radius 2 is 2.35 bits per heavy atom. The maximum absolute atomic E-state index is 13.7. The molecule has 1 aromatic carbocycles. The van der Waals surface area contributed by atoms with E-state index >= 15 is 0 Å². The molecule has 0 amide bonds. The first-order valence-electron chi connectivity index (χ1n) is 5.87. The van der Waals surface area contributed by atoms with Gasteiger partial charge in [0.1, 0.15) is 12.2 Å². The van der Waals surface area contributed by atoms with E-state index in [0.717, 1.165) is 0 Å². The van der Waals surface area contributed by atoms with Crippen LogP contribution in [-0.4, -0.2) is 22.2 Å². The molecule has 1 aliphatic rings. The SMILES string of the molecule is CC1COc2[c]c(F)c(N)c3c(=O)c(C(=O)O)cn1c23. The van der Waals surface area contributed by atoms with E-state index in [0.29, 0.717) is 0 Å². The number of hydrogen-bond acceptors (Lipinski definition) is 4. The van der Waals surface area contributed by atoms with Gasteiger partial charge in [0, 0.05) is 6.20 Å². The number of carboxylic acids is 1. The summed E-state index contributed by atoms with van der Waals surface area (Å²) in [5.41, 5.74) is 4.17. The van der Waals surface area contributed by atoms with Gasteiger partial charge in [-0.25, -0.2) is 9.18 Å². The van der Waals surface area contributed by atoms with E-state index in [1.807, 2.05) is 0 Å². The normalized spacial score (nSPS) is 17.0. The van der Waals surface area contributed by atoms with Crippen LogP contribution in [0.4, 0.5) is 10.1 Å². The van der Waals surface area contributed by atoms with Crippen LogP contribution in [0.25, 0.3) is 10.9 Å². The van der Waals surface area contributed by atoms with Crippen LogP contribution >= 0.6 is 0 Å². The van der Waals surface area contributed by atoms with Crippen LogP contribution in [-0.2, 0) is 0 Å². The maximum atomic E-state index is 13.7. The minimum absolute atomic E-state index is 0.0684. The number of ether oxygens (including phenoxy) is 1. The van der Waals surface area contributed by atoms with Crippen LogP contribution in [0.2, 0.25) is 0 Å². The fourth-order valence-electron chi connectivity index (χ4n) is 2.34. The second-order valence-corrected chi connectivity index (χ2v) is 4.65. The zero-order valence-electron chi connectivity index (χ0n) is 10.4. The van der Waals surface area contributed by atoms with Gasteiger partial charge >= 0.3 is 5.97 Å². The summed E-state index contributed by atoms with van der Waals surface area (Å²) in [5.74, 6) is -2.24. The van der Waals surface area contributed by atoms with Crippen molar-refractivity contribution in [3.05, 3.63) is 33.9 Å². The predicted molar refractivity (Wildman–Crippen MR) is 68.6 cm³/mol. The molecule has 1 aliphatic heterocycles. The zero-order chi connectivity index (χ0) is 14.6. The number of carboxylic acid groups (broad SMARTS) is 1. The van der Waals surface area contributed by atoms with Crippen LogP contribution in [0.5, 0.6) is 5.75 Å². The molecule has 0 saturated heterocycles. The van der Waals surface area contributed by atoms with Crippen molar-refractivity contribution in [3.63, 3.8) is 0 Å². The first kappa shape index (κ1) is 12.5. The lowest BCUT2D eigenvalue weighted by Crippen LogP contribution is -2.27. The summed E-state index contributed by atoms with van der Waals surface area (Å²) < 4.78 is 20.6. The molecule has 0 spiro atoms. The quantitative estimate of drug-likeness (QED) is 0.763. The molecule has 20 heavy (non-hydrogen) atoms. The minimum atomic E-state index is -1.38. The van der Waals surface area contributed by atoms with Gasteiger partial charge in [0.25, 0.3) is 0 Å². The standard InChI is InChI=1S/C13H10FN2O4/c1-5-4-20-8-2-7(14)10(15)9-11(8)16(5)3-6(12(9)17)13(18)19/h3,5H,4,15H2,1H3,(H,18,19). The van der Waals surface area contributed by atoms with Crippen LogP contribution in [0.3, 0.4) is 0 Å². The third-order valence-corrected chi connectivity index (χ3v) is 3.35. The van der Waals surface area contributed by atoms with Crippen LogP contribution in [0.1, 0.15) is 23.3 Å². The Balaban J connectivity index is 2.60.